The van der Waals surface area contributed by atoms with Gasteiger partial charge in [-0.15, -0.1) is 11.3 Å². The van der Waals surface area contributed by atoms with Crippen molar-refractivity contribution < 1.29 is 14.6 Å². The Morgan fingerprint density at radius 1 is 1.20 bits per heavy atom. The summed E-state index contributed by atoms with van der Waals surface area (Å²) < 4.78 is 5.69. The third kappa shape index (κ3) is 2.48. The molecule has 3 rings (SSSR count). The summed E-state index contributed by atoms with van der Waals surface area (Å²) >= 11 is 1.60. The first kappa shape index (κ1) is 12.6. The number of hydrogen-bond acceptors (Lipinski definition) is 4. The Hall–Kier alpha value is -2.40. The molecular formula is C15H11NO3S. The lowest BCUT2D eigenvalue weighted by Crippen LogP contribution is -1.98. The minimum atomic E-state index is -0.939. The van der Waals surface area contributed by atoms with Crippen molar-refractivity contribution in [2.45, 2.75) is 6.61 Å². The molecule has 2 aromatic heterocycles. The topological polar surface area (TPSA) is 59.4 Å². The Morgan fingerprint density at radius 2 is 2.00 bits per heavy atom. The van der Waals surface area contributed by atoms with E-state index in [4.69, 9.17) is 9.84 Å². The number of benzene rings is 1. The Balaban J connectivity index is 1.76. The van der Waals surface area contributed by atoms with Crippen molar-refractivity contribution in [1.82, 2.24) is 4.98 Å². The number of carbonyl (C=O) groups is 1. The van der Waals surface area contributed by atoms with Crippen molar-refractivity contribution in [2.75, 3.05) is 0 Å². The van der Waals surface area contributed by atoms with Crippen LogP contribution in [0.25, 0.3) is 10.2 Å². The number of carboxylic acids is 1. The fourth-order valence-corrected chi connectivity index (χ4v) is 2.69. The maximum absolute atomic E-state index is 10.8. The Bertz CT molecular complexity index is 749. The van der Waals surface area contributed by atoms with Crippen molar-refractivity contribution in [3.8, 4) is 5.75 Å². The van der Waals surface area contributed by atoms with E-state index in [0.717, 1.165) is 15.8 Å². The van der Waals surface area contributed by atoms with E-state index in [1.165, 1.54) is 12.1 Å². The molecule has 0 fully saturated rings. The predicted octanol–water partition coefficient (Wildman–Crippen LogP) is 3.57. The molecule has 20 heavy (non-hydrogen) atoms. The van der Waals surface area contributed by atoms with Crippen LogP contribution in [-0.4, -0.2) is 16.1 Å². The van der Waals surface area contributed by atoms with Gasteiger partial charge < -0.3 is 9.84 Å². The number of thiophene rings is 1. The van der Waals surface area contributed by atoms with Gasteiger partial charge in [0.1, 0.15) is 17.2 Å². The summed E-state index contributed by atoms with van der Waals surface area (Å²) in [6, 6.07) is 10.3. The molecule has 0 aliphatic rings. The highest BCUT2D eigenvalue weighted by molar-refractivity contribution is 7.16. The molecule has 0 spiro atoms. The molecule has 5 heteroatoms. The van der Waals surface area contributed by atoms with Crippen molar-refractivity contribution in [1.29, 1.82) is 0 Å². The van der Waals surface area contributed by atoms with Gasteiger partial charge in [-0.1, -0.05) is 0 Å². The lowest BCUT2D eigenvalue weighted by Gasteiger charge is -2.07. The molecule has 0 bridgehead atoms. The Morgan fingerprint density at radius 3 is 2.75 bits per heavy atom. The molecular weight excluding hydrogens is 274 g/mol. The molecule has 3 aromatic rings. The summed E-state index contributed by atoms with van der Waals surface area (Å²) in [4.78, 5) is 16.0. The maximum Gasteiger partial charge on any atom is 0.335 e. The number of ether oxygens (including phenoxy) is 1. The minimum absolute atomic E-state index is 0.251. The van der Waals surface area contributed by atoms with Crippen LogP contribution in [0.3, 0.4) is 0 Å². The molecule has 100 valence electrons. The summed E-state index contributed by atoms with van der Waals surface area (Å²) in [5, 5.41) is 11.9. The van der Waals surface area contributed by atoms with Crippen LogP contribution in [0.5, 0.6) is 5.75 Å². The van der Waals surface area contributed by atoms with Crippen LogP contribution >= 0.6 is 11.3 Å². The fourth-order valence-electron chi connectivity index (χ4n) is 1.91. The van der Waals surface area contributed by atoms with Crippen LogP contribution < -0.4 is 4.74 Å². The van der Waals surface area contributed by atoms with Crippen LogP contribution in [0.1, 0.15) is 15.9 Å². The zero-order valence-electron chi connectivity index (χ0n) is 10.4. The van der Waals surface area contributed by atoms with Gasteiger partial charge in [0, 0.05) is 17.1 Å². The number of carboxylic acid groups (broad SMARTS) is 1. The molecule has 0 radical (unpaired) electrons. The number of nitrogens with zero attached hydrogens (tertiary/aromatic N) is 1. The van der Waals surface area contributed by atoms with Gasteiger partial charge in [-0.2, -0.15) is 0 Å². The van der Waals surface area contributed by atoms with Crippen LogP contribution in [0.15, 0.2) is 48.0 Å². The number of rotatable bonds is 4. The first-order chi connectivity index (χ1) is 9.74. The van der Waals surface area contributed by atoms with Gasteiger partial charge in [0.25, 0.3) is 0 Å². The van der Waals surface area contributed by atoms with Gasteiger partial charge >= 0.3 is 5.97 Å². The number of hydrogen-bond donors (Lipinski definition) is 1. The summed E-state index contributed by atoms with van der Waals surface area (Å²) in [5.41, 5.74) is 1.32. The molecule has 1 aromatic carbocycles. The van der Waals surface area contributed by atoms with E-state index in [2.05, 4.69) is 4.98 Å². The highest BCUT2D eigenvalue weighted by Crippen LogP contribution is 2.23. The Kier molecular flexibility index (Phi) is 3.35. The van der Waals surface area contributed by atoms with Crippen LogP contribution in [-0.2, 0) is 6.61 Å². The molecule has 0 saturated carbocycles. The normalized spacial score (nSPS) is 10.6. The van der Waals surface area contributed by atoms with E-state index >= 15 is 0 Å². The van der Waals surface area contributed by atoms with Gasteiger partial charge in [-0.05, 0) is 41.8 Å². The first-order valence-electron chi connectivity index (χ1n) is 6.01. The van der Waals surface area contributed by atoms with E-state index < -0.39 is 5.97 Å². The molecule has 2 heterocycles. The van der Waals surface area contributed by atoms with E-state index in [1.807, 2.05) is 17.5 Å². The van der Waals surface area contributed by atoms with E-state index in [-0.39, 0.29) is 5.56 Å². The number of fused-ring (bicyclic) bond motifs is 1. The molecule has 1 N–H and O–H groups in total. The smallest absolute Gasteiger partial charge is 0.335 e. The van der Waals surface area contributed by atoms with Gasteiger partial charge in [-0.3, -0.25) is 0 Å². The Labute approximate surface area is 119 Å². The molecule has 0 saturated heterocycles. The van der Waals surface area contributed by atoms with E-state index in [9.17, 15) is 4.79 Å². The lowest BCUT2D eigenvalue weighted by molar-refractivity contribution is 0.0697. The van der Waals surface area contributed by atoms with Crippen molar-refractivity contribution in [2.24, 2.45) is 0 Å². The molecule has 0 amide bonds. The second kappa shape index (κ2) is 5.30. The van der Waals surface area contributed by atoms with Crippen LogP contribution in [0.2, 0.25) is 0 Å². The monoisotopic (exact) mass is 285 g/mol. The molecule has 4 nitrogen and oxygen atoms in total. The number of pyridine rings is 1. The summed E-state index contributed by atoms with van der Waals surface area (Å²) in [5.74, 6) is -0.291. The van der Waals surface area contributed by atoms with Crippen molar-refractivity contribution in [3.05, 3.63) is 59.1 Å². The van der Waals surface area contributed by atoms with Gasteiger partial charge in [-0.25, -0.2) is 9.78 Å². The molecule has 0 aliphatic heterocycles. The minimum Gasteiger partial charge on any atom is -0.489 e. The fraction of sp³-hybridized carbons (Fsp3) is 0.0667. The third-order valence-corrected chi connectivity index (χ3v) is 3.77. The molecule has 0 aliphatic carbocycles. The number of aromatic carboxylic acids is 1. The predicted molar refractivity (Wildman–Crippen MR) is 77.4 cm³/mol. The van der Waals surface area contributed by atoms with Crippen LogP contribution in [0.4, 0.5) is 0 Å². The third-order valence-electron chi connectivity index (χ3n) is 2.95. The quantitative estimate of drug-likeness (QED) is 0.796. The van der Waals surface area contributed by atoms with E-state index in [1.54, 1.807) is 29.7 Å². The zero-order valence-corrected chi connectivity index (χ0v) is 11.3. The largest absolute Gasteiger partial charge is 0.489 e. The SMILES string of the molecule is O=C(O)c1ccc(OCc2ccnc3sccc23)cc1. The van der Waals surface area contributed by atoms with Crippen LogP contribution in [0, 0.1) is 0 Å². The number of aromatic nitrogens is 1. The summed E-state index contributed by atoms with van der Waals surface area (Å²) in [7, 11) is 0. The summed E-state index contributed by atoms with van der Waals surface area (Å²) in [6.07, 6.45) is 1.77. The van der Waals surface area contributed by atoms with E-state index in [0.29, 0.717) is 12.4 Å². The standard InChI is InChI=1S/C15H11NO3S/c17-15(18)10-1-3-12(4-2-10)19-9-11-5-7-16-14-13(11)6-8-20-14/h1-8H,9H2,(H,17,18). The highest BCUT2D eigenvalue weighted by Gasteiger charge is 2.05. The average molecular weight is 285 g/mol. The lowest BCUT2D eigenvalue weighted by atomic mass is 10.2. The highest BCUT2D eigenvalue weighted by atomic mass is 32.1. The second-order valence-corrected chi connectivity index (χ2v) is 5.12. The van der Waals surface area contributed by atoms with Crippen molar-refractivity contribution in [3.63, 3.8) is 0 Å². The molecule has 0 atom stereocenters. The first-order valence-corrected chi connectivity index (χ1v) is 6.89. The molecule has 0 unspecified atom stereocenters. The van der Waals surface area contributed by atoms with Crippen molar-refractivity contribution >= 4 is 27.5 Å². The zero-order chi connectivity index (χ0) is 13.9. The maximum atomic E-state index is 10.8. The average Bonchev–Trinajstić information content (AvgIpc) is 2.94. The van der Waals surface area contributed by atoms with Gasteiger partial charge in [0.2, 0.25) is 0 Å². The summed E-state index contributed by atoms with van der Waals surface area (Å²) in [6.45, 7) is 0.433. The van der Waals surface area contributed by atoms with Gasteiger partial charge in [0.05, 0.1) is 5.56 Å². The van der Waals surface area contributed by atoms with Gasteiger partial charge in [0.15, 0.2) is 0 Å². The second-order valence-electron chi connectivity index (χ2n) is 4.23.